The van der Waals surface area contributed by atoms with Crippen LogP contribution < -0.4 is 0 Å². The van der Waals surface area contributed by atoms with Gasteiger partial charge in [-0.15, -0.1) is 0 Å². The van der Waals surface area contributed by atoms with Crippen LogP contribution in [-0.4, -0.2) is 0 Å². The molecule has 0 aliphatic heterocycles. The van der Waals surface area contributed by atoms with Gasteiger partial charge in [-0.2, -0.15) is 0 Å². The number of furan rings is 3. The molecule has 0 atom stereocenters. The third kappa shape index (κ3) is 16.3. The van der Waals surface area contributed by atoms with Crippen molar-refractivity contribution in [2.45, 2.75) is 26.2 Å². The summed E-state index contributed by atoms with van der Waals surface area (Å²) in [4.78, 5) is 0. The maximum absolute atomic E-state index is 6.13. The van der Waals surface area contributed by atoms with Crippen molar-refractivity contribution in [3.63, 3.8) is 0 Å². The third-order valence-electron chi connectivity index (χ3n) is 30.3. The molecule has 3 heterocycles. The van der Waals surface area contributed by atoms with Crippen molar-refractivity contribution in [3.05, 3.63) is 545 Å². The zero-order chi connectivity index (χ0) is 99.2. The second kappa shape index (κ2) is 37.3. The van der Waals surface area contributed by atoms with Crippen LogP contribution in [-0.2, 0) is 5.41 Å². The predicted octanol–water partition coefficient (Wildman–Crippen LogP) is 41.8. The molecule has 149 heavy (non-hydrogen) atoms. The summed E-state index contributed by atoms with van der Waals surface area (Å²) in [6.45, 7) is 6.82. The summed E-state index contributed by atoms with van der Waals surface area (Å²) in [6.07, 6.45) is 0. The van der Waals surface area contributed by atoms with Crippen LogP contribution in [0.3, 0.4) is 0 Å². The molecule has 0 fully saturated rings. The van der Waals surface area contributed by atoms with Gasteiger partial charge in [0.1, 0.15) is 33.5 Å². The third-order valence-corrected chi connectivity index (χ3v) is 30.3. The molecular weight excluding hydrogens is 1800 g/mol. The molecule has 0 bridgehead atoms. The average molecular weight is 1900 g/mol. The van der Waals surface area contributed by atoms with Crippen molar-refractivity contribution in [1.82, 2.24) is 0 Å². The van der Waals surface area contributed by atoms with Crippen LogP contribution in [0.5, 0.6) is 0 Å². The summed E-state index contributed by atoms with van der Waals surface area (Å²) in [5, 5.41) is 24.5. The van der Waals surface area contributed by atoms with E-state index in [2.05, 4.69) is 524 Å². The molecule has 26 aromatic carbocycles. The van der Waals surface area contributed by atoms with E-state index < -0.39 is 0 Å². The Morgan fingerprint density at radius 1 is 0.114 bits per heavy atom. The molecule has 0 N–H and O–H groups in total. The summed E-state index contributed by atoms with van der Waals surface area (Å²) in [5.41, 5.74) is 38.6. The summed E-state index contributed by atoms with van der Waals surface area (Å²) < 4.78 is 18.4. The summed E-state index contributed by atoms with van der Waals surface area (Å²) in [5.74, 6) is 0. The van der Waals surface area contributed by atoms with Crippen LogP contribution in [0, 0.1) is 0 Å². The first-order valence-corrected chi connectivity index (χ1v) is 51.4. The number of benzene rings is 26. The Morgan fingerprint density at radius 2 is 0.315 bits per heavy atom. The molecule has 0 saturated carbocycles. The lowest BCUT2D eigenvalue weighted by Crippen LogP contribution is -2.10. The highest BCUT2D eigenvalue weighted by atomic mass is 16.3. The Morgan fingerprint density at radius 3 is 0.651 bits per heavy atom. The normalized spacial score (nSPS) is 11.7. The minimum absolute atomic E-state index is 0.0985. The van der Waals surface area contributed by atoms with Gasteiger partial charge in [-0.25, -0.2) is 0 Å². The Labute approximate surface area is 864 Å². The van der Waals surface area contributed by atoms with Crippen molar-refractivity contribution in [2.75, 3.05) is 0 Å². The fourth-order valence-corrected chi connectivity index (χ4v) is 23.1. The lowest BCUT2D eigenvalue weighted by molar-refractivity contribution is 0.590. The van der Waals surface area contributed by atoms with Crippen molar-refractivity contribution in [1.29, 1.82) is 0 Å². The number of fused-ring (bicyclic) bond motifs is 16. The van der Waals surface area contributed by atoms with Crippen LogP contribution in [0.25, 0.3) is 286 Å². The largest absolute Gasteiger partial charge is 0.456 e. The lowest BCUT2D eigenvalue weighted by Gasteiger charge is -2.21. The molecule has 3 aromatic heterocycles. The minimum atomic E-state index is 0.0985. The van der Waals surface area contributed by atoms with Crippen LogP contribution in [0.4, 0.5) is 0 Å². The SMILES string of the molecule is CC(C)(C)c1ccc(-c2c3ccccc3c(-c3ccccc3)c3cc(-c4cccc(-c5ccc6oc7ccccc7c6c5)c4)ccc23)cc1.c1ccc(-c2c3ccccc3c(-c3ccc4ccccc4c3)c3ccc(-c4cccc(-c5ccc6oc7ccccc7c6c5)c4)cc23)cc1.c1ccc(-c2cccc(-c3c4ccccc4c(-c4ccccc4)c4cc(-c5cccc(-c6ccc7oc8ccccc8c7c6)c5)ccc34)c2)cc1. The van der Waals surface area contributed by atoms with Crippen molar-refractivity contribution < 1.29 is 13.3 Å². The van der Waals surface area contributed by atoms with Crippen molar-refractivity contribution in [2.24, 2.45) is 0 Å². The smallest absolute Gasteiger partial charge is 0.135 e. The predicted molar refractivity (Wildman–Crippen MR) is 633 cm³/mol. The molecule has 29 aromatic rings. The van der Waals surface area contributed by atoms with Gasteiger partial charge in [0.2, 0.25) is 0 Å². The molecular formula is C146H98O3. The summed E-state index contributed by atoms with van der Waals surface area (Å²) >= 11 is 0. The Bertz CT molecular complexity index is 10300. The molecule has 0 radical (unpaired) electrons. The monoisotopic (exact) mass is 1900 g/mol. The van der Waals surface area contributed by atoms with Gasteiger partial charge in [0.25, 0.3) is 0 Å². The lowest BCUT2D eigenvalue weighted by atomic mass is 9.83. The van der Waals surface area contributed by atoms with Gasteiger partial charge < -0.3 is 13.3 Å². The molecule has 3 heteroatoms. The molecule has 0 aliphatic carbocycles. The standard InChI is InChI=1S/C50H32O.C48H30O.C48H36O/c1-3-13-33(14-4-1)35-17-12-20-40(30-35)50-43-23-8-7-22-42(43)49(34-15-5-2-6-16-34)46-32-38(25-27-44(46)50)36-18-11-19-37(29-36)39-26-28-48-45(31-39)41-21-9-10-24-47(41)51-48;1-2-12-32(13-3-1)47-40-18-6-7-19-41(40)48(38-22-21-31-11-4-5-14-33(31)28-38)42-25-23-36(30-44(42)47)34-15-10-16-35(27-34)37-24-26-46-43(29-37)39-17-8-9-20-45(39)49-46;1-48(2,3)37-24-20-32(21-25-37)46-39-17-7-8-18-40(39)47(31-12-5-4-6-13-31)43-30-35(22-26-41(43)46)33-14-11-15-34(28-33)36-23-27-45-42(29-36)38-16-9-10-19-44(38)49-45/h1-32H;1-30H;4-30H,1-3H3. The van der Waals surface area contributed by atoms with Crippen molar-refractivity contribution >= 4 is 141 Å². The van der Waals surface area contributed by atoms with Gasteiger partial charge >= 0.3 is 0 Å². The number of hydrogen-bond donors (Lipinski definition) is 0. The van der Waals surface area contributed by atoms with E-state index in [1.165, 1.54) is 226 Å². The topological polar surface area (TPSA) is 39.4 Å². The van der Waals surface area contributed by atoms with E-state index in [4.69, 9.17) is 13.3 Å². The molecule has 29 rings (SSSR count). The van der Waals surface area contributed by atoms with Gasteiger partial charge in [-0.3, -0.25) is 0 Å². The minimum Gasteiger partial charge on any atom is -0.456 e. The van der Waals surface area contributed by atoms with Gasteiger partial charge in [0.05, 0.1) is 0 Å². The van der Waals surface area contributed by atoms with Gasteiger partial charge in [0, 0.05) is 32.3 Å². The van der Waals surface area contributed by atoms with Crippen LogP contribution in [0.1, 0.15) is 26.3 Å². The highest BCUT2D eigenvalue weighted by Gasteiger charge is 2.26. The average Bonchev–Trinajstić information content (AvgIpc) is 1.35. The Hall–Kier alpha value is -19.1. The van der Waals surface area contributed by atoms with E-state index in [-0.39, 0.29) is 5.41 Å². The number of rotatable bonds is 13. The second-order valence-corrected chi connectivity index (χ2v) is 40.3. The van der Waals surface area contributed by atoms with E-state index >= 15 is 0 Å². The zero-order valence-electron chi connectivity index (χ0n) is 82.6. The molecule has 3 nitrogen and oxygen atoms in total. The van der Waals surface area contributed by atoms with Crippen molar-refractivity contribution in [3.8, 4) is 145 Å². The van der Waals surface area contributed by atoms with Crippen LogP contribution in [0.2, 0.25) is 0 Å². The first-order chi connectivity index (χ1) is 73.5. The Kier molecular flexibility index (Phi) is 22.2. The van der Waals surface area contributed by atoms with E-state index in [1.807, 2.05) is 36.4 Å². The van der Waals surface area contributed by atoms with Gasteiger partial charge in [-0.1, -0.05) is 458 Å². The fraction of sp³-hybridized carbons (Fsp3) is 0.0274. The summed E-state index contributed by atoms with van der Waals surface area (Å²) in [6, 6.07) is 196. The second-order valence-electron chi connectivity index (χ2n) is 40.3. The fourth-order valence-electron chi connectivity index (χ4n) is 23.1. The van der Waals surface area contributed by atoms with Crippen LogP contribution >= 0.6 is 0 Å². The first-order valence-electron chi connectivity index (χ1n) is 51.4. The molecule has 0 spiro atoms. The number of para-hydroxylation sites is 3. The quantitative estimate of drug-likeness (QED) is 0.108. The number of hydrogen-bond acceptors (Lipinski definition) is 3. The van der Waals surface area contributed by atoms with Gasteiger partial charge in [0.15, 0.2) is 0 Å². The van der Waals surface area contributed by atoms with Crippen LogP contribution in [0.15, 0.2) is 553 Å². The molecule has 0 aliphatic rings. The molecule has 0 unspecified atom stereocenters. The molecule has 0 saturated heterocycles. The first kappa shape index (κ1) is 88.8. The molecule has 700 valence electrons. The Balaban J connectivity index is 0.000000110. The van der Waals surface area contributed by atoms with E-state index in [1.54, 1.807) is 0 Å². The van der Waals surface area contributed by atoms with E-state index in [0.717, 1.165) is 65.8 Å². The van der Waals surface area contributed by atoms with E-state index in [0.29, 0.717) is 0 Å². The van der Waals surface area contributed by atoms with E-state index in [9.17, 15) is 0 Å². The highest BCUT2D eigenvalue weighted by Crippen LogP contribution is 2.52. The zero-order valence-corrected chi connectivity index (χ0v) is 82.6. The highest BCUT2D eigenvalue weighted by molar-refractivity contribution is 6.26. The summed E-state index contributed by atoms with van der Waals surface area (Å²) in [7, 11) is 0. The van der Waals surface area contributed by atoms with Gasteiger partial charge in [-0.05, 0) is 334 Å². The molecule has 0 amide bonds. The maximum atomic E-state index is 6.13. The maximum Gasteiger partial charge on any atom is 0.135 e.